The fourth-order valence-corrected chi connectivity index (χ4v) is 4.29. The van der Waals surface area contributed by atoms with Crippen molar-refractivity contribution >= 4 is 9.84 Å². The van der Waals surface area contributed by atoms with Crippen molar-refractivity contribution in [1.82, 2.24) is 15.0 Å². The molecule has 2 atom stereocenters. The molecule has 0 amide bonds. The standard InChI is InChI=1S/C21H23N3O4S/c1-14-4-3-5-16(10-14)20-22-21(28-23-20)19-11-17(25)13-24(19)12-15-6-8-18(9-7-15)29(2,26)27/h3-10,17,19,25H,11-13H2,1-2H3. The first kappa shape index (κ1) is 19.8. The number of hydrogen-bond donors (Lipinski definition) is 1. The van der Waals surface area contributed by atoms with Gasteiger partial charge in [0, 0.05) is 24.9 Å². The van der Waals surface area contributed by atoms with E-state index in [1.54, 1.807) is 24.3 Å². The van der Waals surface area contributed by atoms with Crippen LogP contribution in [0.1, 0.15) is 29.5 Å². The highest BCUT2D eigenvalue weighted by Crippen LogP contribution is 2.33. The molecular formula is C21H23N3O4S. The van der Waals surface area contributed by atoms with E-state index in [4.69, 9.17) is 4.52 Å². The van der Waals surface area contributed by atoms with Gasteiger partial charge in [0.1, 0.15) is 0 Å². The maximum absolute atomic E-state index is 11.6. The third kappa shape index (κ3) is 4.39. The lowest BCUT2D eigenvalue weighted by Crippen LogP contribution is -2.24. The van der Waals surface area contributed by atoms with Crippen molar-refractivity contribution in [2.45, 2.75) is 36.9 Å². The second kappa shape index (κ2) is 7.70. The van der Waals surface area contributed by atoms with Gasteiger partial charge in [0.05, 0.1) is 17.0 Å². The topological polar surface area (TPSA) is 96.5 Å². The van der Waals surface area contributed by atoms with E-state index in [0.717, 1.165) is 16.7 Å². The molecule has 2 heterocycles. The van der Waals surface area contributed by atoms with Gasteiger partial charge in [0.15, 0.2) is 9.84 Å². The Bertz CT molecular complexity index is 1110. The Kier molecular flexibility index (Phi) is 5.24. The number of aromatic nitrogens is 2. The van der Waals surface area contributed by atoms with Gasteiger partial charge in [-0.15, -0.1) is 0 Å². The van der Waals surface area contributed by atoms with E-state index < -0.39 is 15.9 Å². The van der Waals surface area contributed by atoms with Gasteiger partial charge in [-0.25, -0.2) is 8.42 Å². The molecule has 1 aromatic heterocycles. The number of hydrogen-bond acceptors (Lipinski definition) is 7. The van der Waals surface area contributed by atoms with Crippen molar-refractivity contribution in [2.75, 3.05) is 12.8 Å². The van der Waals surface area contributed by atoms with Crippen LogP contribution in [-0.4, -0.2) is 47.5 Å². The van der Waals surface area contributed by atoms with Gasteiger partial charge >= 0.3 is 0 Å². The second-order valence-corrected chi connectivity index (χ2v) is 9.59. The van der Waals surface area contributed by atoms with E-state index in [9.17, 15) is 13.5 Å². The number of β-amino-alcohol motifs (C(OH)–C–C–N with tert-alkyl or cyclic N) is 1. The van der Waals surface area contributed by atoms with E-state index in [1.807, 2.05) is 31.2 Å². The summed E-state index contributed by atoms with van der Waals surface area (Å²) in [6, 6.07) is 14.5. The summed E-state index contributed by atoms with van der Waals surface area (Å²) < 4.78 is 28.8. The van der Waals surface area contributed by atoms with Crippen LogP contribution in [-0.2, 0) is 16.4 Å². The third-order valence-corrected chi connectivity index (χ3v) is 6.25. The van der Waals surface area contributed by atoms with Crippen LogP contribution in [0.3, 0.4) is 0 Å². The van der Waals surface area contributed by atoms with Gasteiger partial charge < -0.3 is 9.63 Å². The number of sulfone groups is 1. The lowest BCUT2D eigenvalue weighted by molar-refractivity contribution is 0.169. The van der Waals surface area contributed by atoms with Gasteiger partial charge in [-0.3, -0.25) is 4.90 Å². The molecule has 152 valence electrons. The lowest BCUT2D eigenvalue weighted by Gasteiger charge is -2.21. The minimum absolute atomic E-state index is 0.189. The zero-order valence-corrected chi connectivity index (χ0v) is 17.1. The van der Waals surface area contributed by atoms with Crippen molar-refractivity contribution < 1.29 is 18.0 Å². The Balaban J connectivity index is 1.54. The maximum Gasteiger partial charge on any atom is 0.244 e. The van der Waals surface area contributed by atoms with Gasteiger partial charge in [0.2, 0.25) is 11.7 Å². The first-order valence-electron chi connectivity index (χ1n) is 9.41. The Hall–Kier alpha value is -2.55. The van der Waals surface area contributed by atoms with Crippen LogP contribution in [0.2, 0.25) is 0 Å². The molecule has 2 aromatic carbocycles. The molecule has 1 aliphatic rings. The molecule has 3 aromatic rings. The summed E-state index contributed by atoms with van der Waals surface area (Å²) in [5.74, 6) is 1.01. The summed E-state index contributed by atoms with van der Waals surface area (Å²) in [4.78, 5) is 6.93. The molecule has 1 fully saturated rings. The molecule has 1 saturated heterocycles. The first-order valence-corrected chi connectivity index (χ1v) is 11.3. The predicted molar refractivity (Wildman–Crippen MR) is 108 cm³/mol. The average Bonchev–Trinajstić information content (AvgIpc) is 3.28. The molecule has 0 radical (unpaired) electrons. The van der Waals surface area contributed by atoms with Gasteiger partial charge in [-0.1, -0.05) is 41.1 Å². The number of benzene rings is 2. The Morgan fingerprint density at radius 1 is 1.21 bits per heavy atom. The van der Waals surface area contributed by atoms with E-state index in [1.165, 1.54) is 6.26 Å². The quantitative estimate of drug-likeness (QED) is 0.687. The molecular weight excluding hydrogens is 390 g/mol. The molecule has 29 heavy (non-hydrogen) atoms. The zero-order valence-electron chi connectivity index (χ0n) is 16.3. The van der Waals surface area contributed by atoms with E-state index in [2.05, 4.69) is 15.0 Å². The summed E-state index contributed by atoms with van der Waals surface area (Å²) in [6.45, 7) is 3.04. The van der Waals surface area contributed by atoms with Crippen LogP contribution < -0.4 is 0 Å². The number of rotatable bonds is 5. The highest BCUT2D eigenvalue weighted by molar-refractivity contribution is 7.90. The van der Waals surface area contributed by atoms with Crippen LogP contribution in [0.5, 0.6) is 0 Å². The van der Waals surface area contributed by atoms with Crippen LogP contribution in [0, 0.1) is 6.92 Å². The van der Waals surface area contributed by atoms with Crippen molar-refractivity contribution in [3.05, 3.63) is 65.5 Å². The average molecular weight is 413 g/mol. The summed E-state index contributed by atoms with van der Waals surface area (Å²) in [5.41, 5.74) is 2.96. The summed E-state index contributed by atoms with van der Waals surface area (Å²) in [5, 5.41) is 14.3. The van der Waals surface area contributed by atoms with Gasteiger partial charge in [-0.2, -0.15) is 4.98 Å². The minimum Gasteiger partial charge on any atom is -0.392 e. The van der Waals surface area contributed by atoms with E-state index in [0.29, 0.717) is 36.1 Å². The Labute approximate surface area is 169 Å². The number of nitrogens with zero attached hydrogens (tertiary/aromatic N) is 3. The summed E-state index contributed by atoms with van der Waals surface area (Å²) >= 11 is 0. The second-order valence-electron chi connectivity index (χ2n) is 7.58. The van der Waals surface area contributed by atoms with Gasteiger partial charge in [0.25, 0.3) is 0 Å². The molecule has 1 N–H and O–H groups in total. The molecule has 2 unspecified atom stereocenters. The maximum atomic E-state index is 11.6. The first-order chi connectivity index (χ1) is 13.8. The molecule has 0 spiro atoms. The van der Waals surface area contributed by atoms with Crippen LogP contribution in [0.25, 0.3) is 11.4 Å². The summed E-state index contributed by atoms with van der Waals surface area (Å²) in [6.07, 6.45) is 1.22. The molecule has 0 aliphatic carbocycles. The van der Waals surface area contributed by atoms with E-state index >= 15 is 0 Å². The molecule has 4 rings (SSSR count). The molecule has 7 nitrogen and oxygen atoms in total. The molecule has 0 bridgehead atoms. The van der Waals surface area contributed by atoms with Crippen LogP contribution >= 0.6 is 0 Å². The van der Waals surface area contributed by atoms with Crippen LogP contribution in [0.15, 0.2) is 57.9 Å². The smallest absolute Gasteiger partial charge is 0.244 e. The SMILES string of the molecule is Cc1cccc(-c2noc(C3CC(O)CN3Cc3ccc(S(C)(=O)=O)cc3)n2)c1. The minimum atomic E-state index is -3.22. The van der Waals surface area contributed by atoms with Crippen molar-refractivity contribution in [2.24, 2.45) is 0 Å². The Morgan fingerprint density at radius 2 is 1.97 bits per heavy atom. The van der Waals surface area contributed by atoms with Crippen molar-refractivity contribution in [1.29, 1.82) is 0 Å². The van der Waals surface area contributed by atoms with Gasteiger partial charge in [-0.05, 0) is 37.1 Å². The number of aliphatic hydroxyl groups is 1. The highest BCUT2D eigenvalue weighted by Gasteiger charge is 2.36. The fraction of sp³-hybridized carbons (Fsp3) is 0.333. The van der Waals surface area contributed by atoms with Crippen LogP contribution in [0.4, 0.5) is 0 Å². The van der Waals surface area contributed by atoms with E-state index in [-0.39, 0.29) is 6.04 Å². The highest BCUT2D eigenvalue weighted by atomic mass is 32.2. The zero-order chi connectivity index (χ0) is 20.6. The number of aliphatic hydroxyl groups excluding tert-OH is 1. The molecule has 8 heteroatoms. The fourth-order valence-electron chi connectivity index (χ4n) is 3.66. The lowest BCUT2D eigenvalue weighted by atomic mass is 10.1. The Morgan fingerprint density at radius 3 is 2.66 bits per heavy atom. The molecule has 1 aliphatic heterocycles. The third-order valence-electron chi connectivity index (χ3n) is 5.12. The molecule has 0 saturated carbocycles. The largest absolute Gasteiger partial charge is 0.392 e. The number of aryl methyl sites for hydroxylation is 1. The van der Waals surface area contributed by atoms with Crippen molar-refractivity contribution in [3.63, 3.8) is 0 Å². The number of likely N-dealkylation sites (tertiary alicyclic amines) is 1. The monoisotopic (exact) mass is 413 g/mol. The normalized spacial score (nSPS) is 20.2. The predicted octanol–water partition coefficient (Wildman–Crippen LogP) is 2.76. The van der Waals surface area contributed by atoms with Crippen molar-refractivity contribution in [3.8, 4) is 11.4 Å². The summed E-state index contributed by atoms with van der Waals surface area (Å²) in [7, 11) is -3.22.